The van der Waals surface area contributed by atoms with Crippen molar-refractivity contribution in [2.24, 2.45) is 5.92 Å². The Morgan fingerprint density at radius 1 is 0.926 bits per heavy atom. The summed E-state index contributed by atoms with van der Waals surface area (Å²) < 4.78 is 10.7. The molecule has 0 aliphatic heterocycles. The molecule has 144 valence electrons. The van der Waals surface area contributed by atoms with Crippen molar-refractivity contribution in [2.75, 3.05) is 6.61 Å². The van der Waals surface area contributed by atoms with Crippen LogP contribution in [0.5, 0.6) is 11.5 Å². The number of carbonyl (C=O) groups is 2. The molecule has 0 saturated carbocycles. The molecule has 1 atom stereocenters. The van der Waals surface area contributed by atoms with Crippen LogP contribution in [0.1, 0.15) is 60.2 Å². The van der Waals surface area contributed by atoms with Gasteiger partial charge in [0.1, 0.15) is 11.5 Å². The summed E-state index contributed by atoms with van der Waals surface area (Å²) in [6, 6.07) is 12.1. The number of carbonyl (C=O) groups excluding carboxylic acids is 2. The van der Waals surface area contributed by atoms with Crippen LogP contribution in [0.15, 0.2) is 48.5 Å². The maximum atomic E-state index is 12.2. The number of phenols is 1. The molecule has 0 aromatic heterocycles. The molecule has 0 aliphatic rings. The monoisotopic (exact) mass is 370 g/mol. The summed E-state index contributed by atoms with van der Waals surface area (Å²) in [7, 11) is 0. The topological polar surface area (TPSA) is 72.8 Å². The highest BCUT2D eigenvalue weighted by Crippen LogP contribution is 2.18. The number of benzene rings is 2. The molecule has 2 rings (SSSR count). The maximum absolute atomic E-state index is 12.2. The van der Waals surface area contributed by atoms with Gasteiger partial charge in [-0.3, -0.25) is 0 Å². The van der Waals surface area contributed by atoms with Crippen molar-refractivity contribution in [3.63, 3.8) is 0 Å². The van der Waals surface area contributed by atoms with Gasteiger partial charge in [-0.15, -0.1) is 0 Å². The molecule has 0 saturated heterocycles. The van der Waals surface area contributed by atoms with E-state index in [1.165, 1.54) is 24.3 Å². The Hall–Kier alpha value is -2.82. The largest absolute Gasteiger partial charge is 0.508 e. The molecular weight excluding hydrogens is 344 g/mol. The number of hydrogen-bond acceptors (Lipinski definition) is 5. The number of rotatable bonds is 9. The van der Waals surface area contributed by atoms with Gasteiger partial charge >= 0.3 is 11.9 Å². The Morgan fingerprint density at radius 3 is 2.11 bits per heavy atom. The first kappa shape index (κ1) is 20.5. The molecule has 1 N–H and O–H groups in total. The summed E-state index contributed by atoms with van der Waals surface area (Å²) >= 11 is 0. The van der Waals surface area contributed by atoms with Crippen molar-refractivity contribution in [1.29, 1.82) is 0 Å². The fourth-order valence-corrected chi connectivity index (χ4v) is 2.60. The number of aromatic hydroxyl groups is 1. The Bertz CT molecular complexity index is 734. The summed E-state index contributed by atoms with van der Waals surface area (Å²) in [6.07, 6.45) is 4.32. The van der Waals surface area contributed by atoms with E-state index in [9.17, 15) is 14.7 Å². The summed E-state index contributed by atoms with van der Waals surface area (Å²) in [6.45, 7) is 4.67. The van der Waals surface area contributed by atoms with Crippen molar-refractivity contribution in [3.8, 4) is 11.5 Å². The second kappa shape index (κ2) is 10.4. The summed E-state index contributed by atoms with van der Waals surface area (Å²) in [5.41, 5.74) is 0.749. The zero-order valence-electron chi connectivity index (χ0n) is 15.8. The first-order valence-electron chi connectivity index (χ1n) is 9.31. The minimum Gasteiger partial charge on any atom is -0.508 e. The highest BCUT2D eigenvalue weighted by Gasteiger charge is 2.13. The van der Waals surface area contributed by atoms with E-state index in [0.717, 1.165) is 25.7 Å². The van der Waals surface area contributed by atoms with Crippen LogP contribution in [0.3, 0.4) is 0 Å². The Balaban J connectivity index is 1.89. The standard InChI is InChI=1S/C22H26O5/c1-3-5-6-16(4-2)15-26-21(24)17-9-13-20(14-10-17)27-22(25)18-7-11-19(23)12-8-18/h7-14,16,23H,3-6,15H2,1-2H3. The van der Waals surface area contributed by atoms with E-state index >= 15 is 0 Å². The lowest BCUT2D eigenvalue weighted by molar-refractivity contribution is 0.0428. The van der Waals surface area contributed by atoms with Crippen LogP contribution in [0.2, 0.25) is 0 Å². The van der Waals surface area contributed by atoms with E-state index < -0.39 is 5.97 Å². The van der Waals surface area contributed by atoms with Crippen molar-refractivity contribution in [3.05, 3.63) is 59.7 Å². The molecule has 0 bridgehead atoms. The van der Waals surface area contributed by atoms with Gasteiger partial charge < -0.3 is 14.6 Å². The second-order valence-corrected chi connectivity index (χ2v) is 6.48. The molecule has 0 amide bonds. The normalized spacial score (nSPS) is 11.6. The highest BCUT2D eigenvalue weighted by atomic mass is 16.5. The zero-order valence-corrected chi connectivity index (χ0v) is 15.8. The zero-order chi connectivity index (χ0) is 19.6. The van der Waals surface area contributed by atoms with E-state index in [2.05, 4.69) is 13.8 Å². The van der Waals surface area contributed by atoms with Gasteiger partial charge in [0, 0.05) is 0 Å². The van der Waals surface area contributed by atoms with Gasteiger partial charge in [-0.2, -0.15) is 0 Å². The van der Waals surface area contributed by atoms with Crippen LogP contribution in [0, 0.1) is 5.92 Å². The van der Waals surface area contributed by atoms with Crippen LogP contribution < -0.4 is 4.74 Å². The third kappa shape index (κ3) is 6.44. The van der Waals surface area contributed by atoms with Crippen molar-refractivity contribution in [1.82, 2.24) is 0 Å². The van der Waals surface area contributed by atoms with Crippen molar-refractivity contribution >= 4 is 11.9 Å². The Kier molecular flexibility index (Phi) is 7.86. The van der Waals surface area contributed by atoms with Gasteiger partial charge in [0.15, 0.2) is 0 Å². The van der Waals surface area contributed by atoms with Gasteiger partial charge in [-0.25, -0.2) is 9.59 Å². The minimum atomic E-state index is -0.535. The summed E-state index contributed by atoms with van der Waals surface area (Å²) in [4.78, 5) is 24.2. The van der Waals surface area contributed by atoms with Gasteiger partial charge in [0.25, 0.3) is 0 Å². The molecule has 27 heavy (non-hydrogen) atoms. The Morgan fingerprint density at radius 2 is 1.52 bits per heavy atom. The molecule has 2 aromatic rings. The molecular formula is C22H26O5. The van der Waals surface area contributed by atoms with Crippen LogP contribution in [-0.2, 0) is 4.74 Å². The number of ether oxygens (including phenoxy) is 2. The fourth-order valence-electron chi connectivity index (χ4n) is 2.60. The third-order valence-corrected chi connectivity index (χ3v) is 4.40. The average molecular weight is 370 g/mol. The SMILES string of the molecule is CCCCC(CC)COC(=O)c1ccc(OC(=O)c2ccc(O)cc2)cc1. The molecule has 0 radical (unpaired) electrons. The first-order valence-corrected chi connectivity index (χ1v) is 9.31. The van der Waals surface area contributed by atoms with E-state index in [4.69, 9.17) is 9.47 Å². The van der Waals surface area contributed by atoms with Gasteiger partial charge in [-0.05, 0) is 60.9 Å². The molecule has 2 aromatic carbocycles. The molecule has 0 aliphatic carbocycles. The lowest BCUT2D eigenvalue weighted by atomic mass is 10.0. The quantitative estimate of drug-likeness (QED) is 0.497. The summed E-state index contributed by atoms with van der Waals surface area (Å²) in [5.74, 6) is -0.110. The van der Waals surface area contributed by atoms with E-state index in [-0.39, 0.29) is 11.7 Å². The second-order valence-electron chi connectivity index (χ2n) is 6.48. The number of phenolic OH excluding ortho intramolecular Hbond substituents is 1. The predicted octanol–water partition coefficient (Wildman–Crippen LogP) is 4.98. The van der Waals surface area contributed by atoms with Crippen LogP contribution >= 0.6 is 0 Å². The fraction of sp³-hybridized carbons (Fsp3) is 0.364. The van der Waals surface area contributed by atoms with E-state index in [1.54, 1.807) is 24.3 Å². The smallest absolute Gasteiger partial charge is 0.343 e. The lowest BCUT2D eigenvalue weighted by Gasteiger charge is -2.14. The summed E-state index contributed by atoms with van der Waals surface area (Å²) in [5, 5.41) is 9.25. The molecule has 1 unspecified atom stereocenters. The van der Waals surface area contributed by atoms with Crippen molar-refractivity contribution < 1.29 is 24.2 Å². The number of hydrogen-bond donors (Lipinski definition) is 1. The highest BCUT2D eigenvalue weighted by molar-refractivity contribution is 5.92. The molecule has 0 heterocycles. The maximum Gasteiger partial charge on any atom is 0.343 e. The van der Waals surface area contributed by atoms with Gasteiger partial charge in [0.2, 0.25) is 0 Å². The Labute approximate surface area is 159 Å². The van der Waals surface area contributed by atoms with E-state index in [0.29, 0.717) is 29.4 Å². The number of esters is 2. The minimum absolute atomic E-state index is 0.0782. The average Bonchev–Trinajstić information content (AvgIpc) is 2.69. The molecule has 5 heteroatoms. The number of unbranched alkanes of at least 4 members (excludes halogenated alkanes) is 1. The third-order valence-electron chi connectivity index (χ3n) is 4.40. The lowest BCUT2D eigenvalue weighted by Crippen LogP contribution is -2.14. The predicted molar refractivity (Wildman–Crippen MR) is 103 cm³/mol. The first-order chi connectivity index (χ1) is 13.0. The molecule has 0 spiro atoms. The molecule has 5 nitrogen and oxygen atoms in total. The van der Waals surface area contributed by atoms with Crippen LogP contribution in [0.25, 0.3) is 0 Å². The van der Waals surface area contributed by atoms with E-state index in [1.807, 2.05) is 0 Å². The van der Waals surface area contributed by atoms with Crippen LogP contribution in [-0.4, -0.2) is 23.7 Å². The van der Waals surface area contributed by atoms with Crippen LogP contribution in [0.4, 0.5) is 0 Å². The van der Waals surface area contributed by atoms with Gasteiger partial charge in [0.05, 0.1) is 17.7 Å². The van der Waals surface area contributed by atoms with Crippen molar-refractivity contribution in [2.45, 2.75) is 39.5 Å². The molecule has 0 fully saturated rings. The van der Waals surface area contributed by atoms with Gasteiger partial charge in [-0.1, -0.05) is 33.1 Å².